The smallest absolute Gasteiger partial charge is 0.342 e. The maximum Gasteiger partial charge on any atom is 0.342 e. The van der Waals surface area contributed by atoms with Gasteiger partial charge in [-0.2, -0.15) is 0 Å². The van der Waals surface area contributed by atoms with Crippen molar-refractivity contribution >= 4 is 39.5 Å². The van der Waals surface area contributed by atoms with Crippen molar-refractivity contribution in [2.45, 2.75) is 19.9 Å². The summed E-state index contributed by atoms with van der Waals surface area (Å²) >= 11 is 1.93. The molecule has 4 nitrogen and oxygen atoms in total. The van der Waals surface area contributed by atoms with Crippen molar-refractivity contribution in [3.8, 4) is 0 Å². The number of hydrogen-bond acceptors (Lipinski definition) is 2. The van der Waals surface area contributed by atoms with Crippen LogP contribution in [0, 0.1) is 3.57 Å². The summed E-state index contributed by atoms with van der Waals surface area (Å²) in [5, 5.41) is 9.99. The quantitative estimate of drug-likeness (QED) is 0.841. The molecule has 0 aliphatic heterocycles. The number of carboxylic acid groups (broad SMARTS) is 1. The Bertz CT molecular complexity index is 688. The van der Waals surface area contributed by atoms with E-state index in [9.17, 15) is 14.7 Å². The highest BCUT2D eigenvalue weighted by molar-refractivity contribution is 14.1. The van der Waals surface area contributed by atoms with Crippen LogP contribution in [0.1, 0.15) is 30.2 Å². The van der Waals surface area contributed by atoms with Gasteiger partial charge in [-0.3, -0.25) is 4.79 Å². The standard InChI is InChI=1S/C13H12INO3/c1-7(2)15-9-6-4-3-5-8(9)11(14)10(12(15)16)13(17)18/h3-7H,1-2H3,(H,17,18). The number of nitrogens with zero attached hydrogens (tertiary/aromatic N) is 1. The number of pyridine rings is 1. The van der Waals surface area contributed by atoms with Crippen LogP contribution in [0.4, 0.5) is 0 Å². The number of benzene rings is 1. The van der Waals surface area contributed by atoms with E-state index in [4.69, 9.17) is 0 Å². The van der Waals surface area contributed by atoms with Crippen LogP contribution in [0.2, 0.25) is 0 Å². The maximum atomic E-state index is 12.3. The van der Waals surface area contributed by atoms with Gasteiger partial charge in [-0.25, -0.2) is 4.79 Å². The first-order valence-electron chi connectivity index (χ1n) is 5.51. The predicted molar refractivity (Wildman–Crippen MR) is 78.3 cm³/mol. The molecule has 0 saturated carbocycles. The van der Waals surface area contributed by atoms with E-state index in [1.54, 1.807) is 0 Å². The lowest BCUT2D eigenvalue weighted by atomic mass is 10.1. The summed E-state index contributed by atoms with van der Waals surface area (Å²) in [6.45, 7) is 3.73. The maximum absolute atomic E-state index is 12.3. The van der Waals surface area contributed by atoms with Gasteiger partial charge < -0.3 is 9.67 Å². The fraction of sp³-hybridized carbons (Fsp3) is 0.231. The number of aromatic nitrogens is 1. The molecule has 0 radical (unpaired) electrons. The minimum atomic E-state index is -1.18. The van der Waals surface area contributed by atoms with E-state index in [1.165, 1.54) is 4.57 Å². The van der Waals surface area contributed by atoms with Gasteiger partial charge in [0.25, 0.3) is 5.56 Å². The van der Waals surface area contributed by atoms with E-state index in [0.717, 1.165) is 10.9 Å². The SMILES string of the molecule is CC(C)n1c(=O)c(C(=O)O)c(I)c2ccccc21. The van der Waals surface area contributed by atoms with Crippen molar-refractivity contribution in [2.24, 2.45) is 0 Å². The summed E-state index contributed by atoms with van der Waals surface area (Å²) in [5.74, 6) is -1.18. The topological polar surface area (TPSA) is 59.3 Å². The normalized spacial score (nSPS) is 11.1. The zero-order chi connectivity index (χ0) is 13.4. The number of halogens is 1. The van der Waals surface area contributed by atoms with Crippen LogP contribution in [-0.4, -0.2) is 15.6 Å². The highest BCUT2D eigenvalue weighted by Gasteiger charge is 2.20. The van der Waals surface area contributed by atoms with E-state index in [0.29, 0.717) is 3.57 Å². The van der Waals surface area contributed by atoms with E-state index in [-0.39, 0.29) is 11.6 Å². The first-order chi connectivity index (χ1) is 8.45. The van der Waals surface area contributed by atoms with Crippen LogP contribution in [0.5, 0.6) is 0 Å². The summed E-state index contributed by atoms with van der Waals surface area (Å²) in [6, 6.07) is 7.27. The molecular weight excluding hydrogens is 345 g/mol. The summed E-state index contributed by atoms with van der Waals surface area (Å²) in [5.41, 5.74) is 0.176. The Labute approximate surface area is 117 Å². The first-order valence-corrected chi connectivity index (χ1v) is 6.59. The molecule has 2 aromatic rings. The van der Waals surface area contributed by atoms with Gasteiger partial charge >= 0.3 is 5.97 Å². The monoisotopic (exact) mass is 357 g/mol. The Kier molecular flexibility index (Phi) is 3.43. The molecule has 18 heavy (non-hydrogen) atoms. The van der Waals surface area contributed by atoms with Gasteiger partial charge in [-0.15, -0.1) is 0 Å². The van der Waals surface area contributed by atoms with E-state index in [1.807, 2.05) is 60.7 Å². The summed E-state index contributed by atoms with van der Waals surface area (Å²) in [6.07, 6.45) is 0. The van der Waals surface area contributed by atoms with Crippen LogP contribution in [0.3, 0.4) is 0 Å². The molecule has 1 N–H and O–H groups in total. The van der Waals surface area contributed by atoms with Crippen LogP contribution in [0.15, 0.2) is 29.1 Å². The largest absolute Gasteiger partial charge is 0.477 e. The van der Waals surface area contributed by atoms with Crippen LogP contribution in [0.25, 0.3) is 10.9 Å². The molecule has 0 bridgehead atoms. The van der Waals surface area contributed by atoms with E-state index >= 15 is 0 Å². The van der Waals surface area contributed by atoms with Crippen molar-refractivity contribution in [3.05, 3.63) is 43.8 Å². The molecule has 0 amide bonds. The molecule has 0 unspecified atom stereocenters. The Morgan fingerprint density at radius 3 is 2.50 bits per heavy atom. The van der Waals surface area contributed by atoms with Gasteiger partial charge in [-0.05, 0) is 42.5 Å². The lowest BCUT2D eigenvalue weighted by Crippen LogP contribution is -2.29. The summed E-state index contributed by atoms with van der Waals surface area (Å²) in [4.78, 5) is 23.5. The Hall–Kier alpha value is -1.37. The zero-order valence-electron chi connectivity index (χ0n) is 9.98. The third-order valence-electron chi connectivity index (χ3n) is 2.78. The number of fused-ring (bicyclic) bond motifs is 1. The molecule has 2 rings (SSSR count). The summed E-state index contributed by atoms with van der Waals surface area (Å²) in [7, 11) is 0. The second-order valence-corrected chi connectivity index (χ2v) is 5.36. The fourth-order valence-corrected chi connectivity index (χ4v) is 2.94. The summed E-state index contributed by atoms with van der Waals surface area (Å²) < 4.78 is 2.03. The Balaban J connectivity index is 3.07. The van der Waals surface area contributed by atoms with Crippen LogP contribution < -0.4 is 5.56 Å². The van der Waals surface area contributed by atoms with Gasteiger partial charge in [0.2, 0.25) is 0 Å². The minimum absolute atomic E-state index is 0.0856. The number of carboxylic acids is 1. The van der Waals surface area contributed by atoms with Crippen molar-refractivity contribution in [1.82, 2.24) is 4.57 Å². The molecule has 0 spiro atoms. The molecule has 94 valence electrons. The highest BCUT2D eigenvalue weighted by atomic mass is 127. The Morgan fingerprint density at radius 1 is 1.33 bits per heavy atom. The minimum Gasteiger partial charge on any atom is -0.477 e. The van der Waals surface area contributed by atoms with Gasteiger partial charge in [0.15, 0.2) is 0 Å². The molecule has 5 heteroatoms. The molecule has 0 atom stereocenters. The zero-order valence-corrected chi connectivity index (χ0v) is 12.1. The molecule has 1 aromatic carbocycles. The second kappa shape index (κ2) is 4.72. The number of carbonyl (C=O) groups is 1. The molecular formula is C13H12INO3. The van der Waals surface area contributed by atoms with Crippen molar-refractivity contribution in [2.75, 3.05) is 0 Å². The van der Waals surface area contributed by atoms with E-state index in [2.05, 4.69) is 0 Å². The third kappa shape index (κ3) is 1.92. The first kappa shape index (κ1) is 13.1. The molecule has 0 saturated heterocycles. The van der Waals surface area contributed by atoms with Crippen molar-refractivity contribution < 1.29 is 9.90 Å². The molecule has 0 aliphatic rings. The lowest BCUT2D eigenvalue weighted by Gasteiger charge is -2.16. The molecule has 1 heterocycles. The van der Waals surface area contributed by atoms with E-state index < -0.39 is 11.5 Å². The van der Waals surface area contributed by atoms with Crippen LogP contribution >= 0.6 is 22.6 Å². The highest BCUT2D eigenvalue weighted by Crippen LogP contribution is 2.23. The number of rotatable bonds is 2. The predicted octanol–water partition coefficient (Wildman–Crippen LogP) is 2.89. The fourth-order valence-electron chi connectivity index (χ4n) is 2.03. The van der Waals surface area contributed by atoms with Gasteiger partial charge in [0, 0.05) is 15.0 Å². The lowest BCUT2D eigenvalue weighted by molar-refractivity contribution is 0.0693. The van der Waals surface area contributed by atoms with Gasteiger partial charge in [0.1, 0.15) is 5.56 Å². The average Bonchev–Trinajstić information content (AvgIpc) is 2.28. The molecule has 0 aliphatic carbocycles. The third-order valence-corrected chi connectivity index (χ3v) is 3.90. The molecule has 0 fully saturated rings. The van der Waals surface area contributed by atoms with Crippen molar-refractivity contribution in [3.63, 3.8) is 0 Å². The number of para-hydroxylation sites is 1. The van der Waals surface area contributed by atoms with Crippen molar-refractivity contribution in [1.29, 1.82) is 0 Å². The van der Waals surface area contributed by atoms with Gasteiger partial charge in [-0.1, -0.05) is 18.2 Å². The second-order valence-electron chi connectivity index (χ2n) is 4.28. The number of aromatic carboxylic acids is 1. The average molecular weight is 357 g/mol. The van der Waals surface area contributed by atoms with Gasteiger partial charge in [0.05, 0.1) is 5.52 Å². The number of hydrogen-bond donors (Lipinski definition) is 1. The molecule has 1 aromatic heterocycles. The Morgan fingerprint density at radius 2 is 1.94 bits per heavy atom. The van der Waals surface area contributed by atoms with Crippen LogP contribution in [-0.2, 0) is 0 Å².